The first-order valence-corrected chi connectivity index (χ1v) is 7.95. The molecule has 0 aliphatic carbocycles. The second-order valence-electron chi connectivity index (χ2n) is 6.66. The van der Waals surface area contributed by atoms with Crippen molar-refractivity contribution in [2.45, 2.75) is 19.3 Å². The highest BCUT2D eigenvalue weighted by Crippen LogP contribution is 2.29. The Hall–Kier alpha value is -1.96. The molecule has 0 bridgehead atoms. The van der Waals surface area contributed by atoms with Gasteiger partial charge in [0.1, 0.15) is 0 Å². The summed E-state index contributed by atoms with van der Waals surface area (Å²) in [6.45, 7) is 5.01. The molecule has 1 atom stereocenters. The minimum absolute atomic E-state index is 0.0678. The van der Waals surface area contributed by atoms with Crippen molar-refractivity contribution < 1.29 is 14.1 Å². The lowest BCUT2D eigenvalue weighted by molar-refractivity contribution is -0.140. The summed E-state index contributed by atoms with van der Waals surface area (Å²) in [6, 6.07) is 0. The molecule has 8 nitrogen and oxygen atoms in total. The normalized spacial score (nSPS) is 22.1. The number of hydrogen-bond donors (Lipinski definition) is 0. The van der Waals surface area contributed by atoms with Gasteiger partial charge in [-0.15, -0.1) is 0 Å². The topological polar surface area (TPSA) is 82.8 Å². The molecular weight excluding hydrogens is 298 g/mol. The maximum atomic E-state index is 12.5. The van der Waals surface area contributed by atoms with Gasteiger partial charge in [-0.25, -0.2) is 0 Å². The van der Waals surface area contributed by atoms with E-state index in [1.807, 2.05) is 19.0 Å². The number of carbonyl (C=O) groups is 2. The van der Waals surface area contributed by atoms with Gasteiger partial charge in [0.05, 0.1) is 11.8 Å². The van der Waals surface area contributed by atoms with E-state index < -0.39 is 0 Å². The van der Waals surface area contributed by atoms with E-state index >= 15 is 0 Å². The molecule has 8 heteroatoms. The third-order valence-electron chi connectivity index (χ3n) is 4.47. The molecule has 1 aromatic heterocycles. The molecule has 1 unspecified atom stereocenters. The van der Waals surface area contributed by atoms with Crippen molar-refractivity contribution in [2.24, 2.45) is 5.92 Å². The Bertz CT molecular complexity index is 594. The lowest BCUT2D eigenvalue weighted by atomic mass is 9.96. The zero-order valence-corrected chi connectivity index (χ0v) is 13.9. The number of hydrogen-bond acceptors (Lipinski definition) is 6. The third kappa shape index (κ3) is 3.36. The van der Waals surface area contributed by atoms with E-state index in [1.165, 1.54) is 0 Å². The van der Waals surface area contributed by atoms with Gasteiger partial charge in [0, 0.05) is 39.1 Å². The summed E-state index contributed by atoms with van der Waals surface area (Å²) in [4.78, 5) is 34.4. The predicted molar refractivity (Wildman–Crippen MR) is 81.6 cm³/mol. The molecule has 3 heterocycles. The van der Waals surface area contributed by atoms with Gasteiger partial charge in [0.2, 0.25) is 17.7 Å². The third-order valence-corrected chi connectivity index (χ3v) is 4.47. The van der Waals surface area contributed by atoms with Crippen LogP contribution in [-0.4, -0.2) is 83.5 Å². The fourth-order valence-electron chi connectivity index (χ4n) is 3.03. The Labute approximate surface area is 135 Å². The maximum absolute atomic E-state index is 12.5. The van der Waals surface area contributed by atoms with Gasteiger partial charge in [-0.1, -0.05) is 5.16 Å². The number of aromatic nitrogens is 2. The van der Waals surface area contributed by atoms with Gasteiger partial charge >= 0.3 is 0 Å². The minimum Gasteiger partial charge on any atom is -0.341 e. The summed E-state index contributed by atoms with van der Waals surface area (Å²) in [5.74, 6) is 1.27. The first kappa shape index (κ1) is 15.9. The van der Waals surface area contributed by atoms with Crippen LogP contribution in [0.3, 0.4) is 0 Å². The van der Waals surface area contributed by atoms with Crippen LogP contribution in [0.1, 0.15) is 24.1 Å². The molecule has 0 saturated carbocycles. The Balaban J connectivity index is 1.49. The molecule has 2 amide bonds. The van der Waals surface area contributed by atoms with Crippen molar-refractivity contribution in [2.75, 3.05) is 46.8 Å². The molecule has 2 saturated heterocycles. The van der Waals surface area contributed by atoms with Crippen molar-refractivity contribution in [3.05, 3.63) is 11.7 Å². The van der Waals surface area contributed by atoms with Crippen LogP contribution in [0.15, 0.2) is 4.52 Å². The van der Waals surface area contributed by atoms with E-state index in [0.29, 0.717) is 44.3 Å². The predicted octanol–water partition coefficient (Wildman–Crippen LogP) is -0.286. The van der Waals surface area contributed by atoms with E-state index in [1.54, 1.807) is 16.7 Å². The molecule has 1 aromatic rings. The number of amides is 2. The smallest absolute Gasteiger partial charge is 0.233 e. The standard InChI is InChI=1S/C15H23N5O3/c1-10-16-14(23-17-10)12-8-20(9-12)15(22)11-6-13(21)19(7-11)5-4-18(2)3/h11-12H,4-9H2,1-3H3. The monoisotopic (exact) mass is 321 g/mol. The molecular formula is C15H23N5O3. The molecule has 0 aromatic carbocycles. The average molecular weight is 321 g/mol. The largest absolute Gasteiger partial charge is 0.341 e. The number of likely N-dealkylation sites (N-methyl/N-ethyl adjacent to an activating group) is 1. The first-order valence-electron chi connectivity index (χ1n) is 7.95. The summed E-state index contributed by atoms with van der Waals surface area (Å²) >= 11 is 0. The SMILES string of the molecule is Cc1noc(C2CN(C(=O)C3CC(=O)N(CCN(C)C)C3)C2)n1. The number of rotatable bonds is 5. The van der Waals surface area contributed by atoms with E-state index in [4.69, 9.17) is 4.52 Å². The fraction of sp³-hybridized carbons (Fsp3) is 0.733. The van der Waals surface area contributed by atoms with Crippen molar-refractivity contribution in [1.82, 2.24) is 24.8 Å². The quantitative estimate of drug-likeness (QED) is 0.741. The van der Waals surface area contributed by atoms with Crippen LogP contribution in [-0.2, 0) is 9.59 Å². The molecule has 0 N–H and O–H groups in total. The van der Waals surface area contributed by atoms with E-state index in [2.05, 4.69) is 10.1 Å². The van der Waals surface area contributed by atoms with E-state index in [9.17, 15) is 9.59 Å². The van der Waals surface area contributed by atoms with Gasteiger partial charge in [0.25, 0.3) is 0 Å². The number of nitrogens with zero attached hydrogens (tertiary/aromatic N) is 5. The minimum atomic E-state index is -0.213. The molecule has 126 valence electrons. The second kappa shape index (κ2) is 6.27. The van der Waals surface area contributed by atoms with Crippen LogP contribution in [0, 0.1) is 12.8 Å². The average Bonchev–Trinajstić information content (AvgIpc) is 3.01. The van der Waals surface area contributed by atoms with Crippen LogP contribution >= 0.6 is 0 Å². The Kier molecular flexibility index (Phi) is 4.34. The van der Waals surface area contributed by atoms with Crippen molar-refractivity contribution in [1.29, 1.82) is 0 Å². The highest BCUT2D eigenvalue weighted by Gasteiger charge is 2.42. The molecule has 2 fully saturated rings. The van der Waals surface area contributed by atoms with Crippen LogP contribution in [0.5, 0.6) is 0 Å². The molecule has 0 radical (unpaired) electrons. The first-order chi connectivity index (χ1) is 10.9. The Morgan fingerprint density at radius 2 is 2.09 bits per heavy atom. The van der Waals surface area contributed by atoms with Crippen molar-refractivity contribution >= 4 is 11.8 Å². The molecule has 2 aliphatic heterocycles. The van der Waals surface area contributed by atoms with Gasteiger partial charge in [-0.3, -0.25) is 9.59 Å². The molecule has 3 rings (SSSR count). The van der Waals surface area contributed by atoms with Crippen LogP contribution in [0.2, 0.25) is 0 Å². The van der Waals surface area contributed by atoms with Gasteiger partial charge in [-0.2, -0.15) is 4.98 Å². The van der Waals surface area contributed by atoms with Gasteiger partial charge in [-0.05, 0) is 21.0 Å². The summed E-state index contributed by atoms with van der Waals surface area (Å²) in [5.41, 5.74) is 0. The highest BCUT2D eigenvalue weighted by molar-refractivity contribution is 5.89. The molecule has 0 spiro atoms. The van der Waals surface area contributed by atoms with E-state index in [0.717, 1.165) is 6.54 Å². The maximum Gasteiger partial charge on any atom is 0.233 e. The van der Waals surface area contributed by atoms with E-state index in [-0.39, 0.29) is 23.7 Å². The summed E-state index contributed by atoms with van der Waals surface area (Å²) < 4.78 is 5.14. The summed E-state index contributed by atoms with van der Waals surface area (Å²) in [6.07, 6.45) is 0.326. The molecule has 23 heavy (non-hydrogen) atoms. The lowest BCUT2D eigenvalue weighted by Crippen LogP contribution is -2.51. The lowest BCUT2D eigenvalue weighted by Gasteiger charge is -2.38. The van der Waals surface area contributed by atoms with Crippen molar-refractivity contribution in [3.8, 4) is 0 Å². The highest BCUT2D eigenvalue weighted by atomic mass is 16.5. The number of carbonyl (C=O) groups excluding carboxylic acids is 2. The van der Waals surface area contributed by atoms with Crippen molar-refractivity contribution in [3.63, 3.8) is 0 Å². The Morgan fingerprint density at radius 3 is 2.70 bits per heavy atom. The zero-order chi connectivity index (χ0) is 16.6. The summed E-state index contributed by atoms with van der Waals surface area (Å²) in [5, 5.41) is 3.78. The fourth-order valence-corrected chi connectivity index (χ4v) is 3.03. The van der Waals surface area contributed by atoms with Gasteiger partial charge in [0.15, 0.2) is 5.82 Å². The van der Waals surface area contributed by atoms with Gasteiger partial charge < -0.3 is 19.2 Å². The number of likely N-dealkylation sites (tertiary alicyclic amines) is 2. The van der Waals surface area contributed by atoms with Crippen LogP contribution in [0.25, 0.3) is 0 Å². The van der Waals surface area contributed by atoms with Crippen LogP contribution < -0.4 is 0 Å². The molecule has 2 aliphatic rings. The Morgan fingerprint density at radius 1 is 1.35 bits per heavy atom. The second-order valence-corrected chi connectivity index (χ2v) is 6.66. The summed E-state index contributed by atoms with van der Waals surface area (Å²) in [7, 11) is 3.95. The number of aryl methyl sites for hydroxylation is 1. The van der Waals surface area contributed by atoms with Crippen LogP contribution in [0.4, 0.5) is 0 Å². The zero-order valence-electron chi connectivity index (χ0n) is 13.9.